The summed E-state index contributed by atoms with van der Waals surface area (Å²) >= 11 is 0. The molecule has 0 aliphatic rings. The van der Waals surface area contributed by atoms with Crippen LogP contribution in [-0.4, -0.2) is 24.3 Å². The average molecular weight is 385 g/mol. The fourth-order valence-corrected chi connectivity index (χ4v) is 2.51. The Balaban J connectivity index is 1.89. The number of ether oxygens (including phenoxy) is 1. The molecule has 1 aromatic heterocycles. The number of rotatable bonds is 9. The van der Waals surface area contributed by atoms with E-state index >= 15 is 0 Å². The van der Waals surface area contributed by atoms with E-state index in [-0.39, 0.29) is 23.4 Å². The maximum atomic E-state index is 12.2. The minimum Gasteiger partial charge on any atom is -0.454 e. The summed E-state index contributed by atoms with van der Waals surface area (Å²) in [5.74, 6) is 0.488. The van der Waals surface area contributed by atoms with Gasteiger partial charge >= 0.3 is 5.97 Å². The van der Waals surface area contributed by atoms with Gasteiger partial charge < -0.3 is 20.2 Å². The molecule has 0 saturated carbocycles. The Hall–Kier alpha value is -3.09. The largest absolute Gasteiger partial charge is 0.454 e. The minimum atomic E-state index is -0.629. The highest BCUT2D eigenvalue weighted by Gasteiger charge is 2.18. The zero-order chi connectivity index (χ0) is 20.7. The van der Waals surface area contributed by atoms with Gasteiger partial charge in [-0.2, -0.15) is 0 Å². The highest BCUT2D eigenvalue weighted by Crippen LogP contribution is 2.17. The van der Waals surface area contributed by atoms with Crippen molar-refractivity contribution in [2.24, 2.45) is 17.6 Å². The lowest BCUT2D eigenvalue weighted by atomic mass is 10.1. The van der Waals surface area contributed by atoms with Gasteiger partial charge in [-0.15, -0.1) is 0 Å². The van der Waals surface area contributed by atoms with E-state index in [1.54, 1.807) is 30.3 Å². The summed E-state index contributed by atoms with van der Waals surface area (Å²) in [6, 6.07) is 9.51. The lowest BCUT2D eigenvalue weighted by molar-refractivity contribution is -0.124. The highest BCUT2D eigenvalue weighted by atomic mass is 16.5. The van der Waals surface area contributed by atoms with E-state index < -0.39 is 5.97 Å². The predicted octanol–water partition coefficient (Wildman–Crippen LogP) is 3.12. The van der Waals surface area contributed by atoms with Crippen LogP contribution < -0.4 is 15.8 Å². The van der Waals surface area contributed by atoms with Gasteiger partial charge in [0.2, 0.25) is 11.7 Å². The maximum Gasteiger partial charge on any atom is 0.379 e. The number of nitrogen functional groups attached to an aromatic ring is 1. The Morgan fingerprint density at radius 1 is 1.14 bits per heavy atom. The second-order valence-electron chi connectivity index (χ2n) is 7.17. The van der Waals surface area contributed by atoms with Gasteiger partial charge in [-0.05, 0) is 48.7 Å². The summed E-state index contributed by atoms with van der Waals surface area (Å²) in [4.78, 5) is 24.3. The van der Waals surface area contributed by atoms with Crippen molar-refractivity contribution in [3.8, 4) is 5.75 Å². The fraction of sp³-hybridized carbons (Fsp3) is 0.381. The van der Waals surface area contributed by atoms with Crippen LogP contribution in [0.5, 0.6) is 5.75 Å². The molecule has 2 rings (SSSR count). The molecule has 1 atom stereocenters. The first-order valence-corrected chi connectivity index (χ1v) is 9.29. The molecular formula is C21H27N3O4. The van der Waals surface area contributed by atoms with Crippen molar-refractivity contribution >= 4 is 17.7 Å². The molecule has 0 aliphatic heterocycles. The first-order valence-electron chi connectivity index (χ1n) is 9.29. The third-order valence-corrected chi connectivity index (χ3v) is 4.21. The molecule has 4 N–H and O–H groups in total. The lowest BCUT2D eigenvalue weighted by Gasteiger charge is -2.11. The van der Waals surface area contributed by atoms with Crippen molar-refractivity contribution in [2.75, 3.05) is 6.54 Å². The standard InChI is InChI=1S/C21H27N3O4/c1-13(2)10-11-24-20(25)14(3)12-17-8-9-18(27-17)21(26)28-16-6-4-15(5-7-16)19(22)23/h4-9,13-14H,10-12H2,1-3H3,(H3,22,23)(H,24,25). The molecule has 1 aromatic carbocycles. The Morgan fingerprint density at radius 3 is 2.43 bits per heavy atom. The SMILES string of the molecule is CC(C)CCNC(=O)C(C)Cc1ccc(C(=O)Oc2ccc(C(=N)N)cc2)o1. The molecule has 7 heteroatoms. The topological polar surface area (TPSA) is 118 Å². The van der Waals surface area contributed by atoms with Gasteiger partial charge in [-0.1, -0.05) is 20.8 Å². The lowest BCUT2D eigenvalue weighted by Crippen LogP contribution is -2.31. The van der Waals surface area contributed by atoms with E-state index in [9.17, 15) is 9.59 Å². The Labute approximate surface area is 164 Å². The van der Waals surface area contributed by atoms with Gasteiger partial charge in [-0.25, -0.2) is 4.79 Å². The van der Waals surface area contributed by atoms with Crippen molar-refractivity contribution in [2.45, 2.75) is 33.6 Å². The summed E-state index contributed by atoms with van der Waals surface area (Å²) in [6.07, 6.45) is 1.33. The van der Waals surface area contributed by atoms with Crippen molar-refractivity contribution < 1.29 is 18.7 Å². The van der Waals surface area contributed by atoms with E-state index in [1.165, 1.54) is 6.07 Å². The second kappa shape index (κ2) is 9.73. The molecule has 0 spiro atoms. The van der Waals surface area contributed by atoms with Crippen LogP contribution in [0, 0.1) is 17.2 Å². The number of esters is 1. The van der Waals surface area contributed by atoms with E-state index in [0.29, 0.717) is 36.0 Å². The van der Waals surface area contributed by atoms with Crippen LogP contribution in [0.15, 0.2) is 40.8 Å². The second-order valence-corrected chi connectivity index (χ2v) is 7.17. The summed E-state index contributed by atoms with van der Waals surface area (Å²) in [5, 5.41) is 10.3. The maximum absolute atomic E-state index is 12.2. The van der Waals surface area contributed by atoms with Gasteiger partial charge in [0.05, 0.1) is 0 Å². The molecule has 1 amide bonds. The quantitative estimate of drug-likeness (QED) is 0.265. The molecule has 0 saturated heterocycles. The third-order valence-electron chi connectivity index (χ3n) is 4.21. The third kappa shape index (κ3) is 6.26. The molecule has 0 bridgehead atoms. The van der Waals surface area contributed by atoms with Crippen LogP contribution in [0.1, 0.15) is 49.1 Å². The zero-order valence-electron chi connectivity index (χ0n) is 16.5. The number of amides is 1. The number of amidine groups is 1. The van der Waals surface area contributed by atoms with E-state index in [2.05, 4.69) is 19.2 Å². The Morgan fingerprint density at radius 2 is 1.82 bits per heavy atom. The molecule has 1 unspecified atom stereocenters. The number of hydrogen-bond acceptors (Lipinski definition) is 5. The summed E-state index contributed by atoms with van der Waals surface area (Å²) in [5.41, 5.74) is 5.93. The molecule has 150 valence electrons. The number of carbonyl (C=O) groups excluding carboxylic acids is 2. The van der Waals surface area contributed by atoms with Crippen molar-refractivity contribution in [3.63, 3.8) is 0 Å². The smallest absolute Gasteiger partial charge is 0.379 e. The van der Waals surface area contributed by atoms with Crippen molar-refractivity contribution in [1.82, 2.24) is 5.32 Å². The normalized spacial score (nSPS) is 11.9. The van der Waals surface area contributed by atoms with Crippen LogP contribution in [0.4, 0.5) is 0 Å². The first-order chi connectivity index (χ1) is 13.3. The number of carbonyl (C=O) groups is 2. The number of benzene rings is 1. The Kier molecular flexibility index (Phi) is 7.37. The van der Waals surface area contributed by atoms with Crippen molar-refractivity contribution in [1.29, 1.82) is 5.41 Å². The van der Waals surface area contributed by atoms with Gasteiger partial charge in [0.1, 0.15) is 17.3 Å². The molecular weight excluding hydrogens is 358 g/mol. The van der Waals surface area contributed by atoms with Gasteiger partial charge in [-0.3, -0.25) is 10.2 Å². The van der Waals surface area contributed by atoms with E-state index in [1.807, 2.05) is 6.92 Å². The number of nitrogens with two attached hydrogens (primary N) is 1. The van der Waals surface area contributed by atoms with Crippen molar-refractivity contribution in [3.05, 3.63) is 53.5 Å². The average Bonchev–Trinajstić information content (AvgIpc) is 3.10. The van der Waals surface area contributed by atoms with Crippen LogP contribution in [0.3, 0.4) is 0 Å². The number of hydrogen-bond donors (Lipinski definition) is 3. The summed E-state index contributed by atoms with van der Waals surface area (Å²) < 4.78 is 10.8. The number of furan rings is 1. The van der Waals surface area contributed by atoms with Crippen LogP contribution in [0.25, 0.3) is 0 Å². The molecule has 7 nitrogen and oxygen atoms in total. The summed E-state index contributed by atoms with van der Waals surface area (Å²) in [7, 11) is 0. The molecule has 0 fully saturated rings. The Bertz CT molecular complexity index is 824. The molecule has 2 aromatic rings. The first kappa shape index (κ1) is 21.2. The zero-order valence-corrected chi connectivity index (χ0v) is 16.5. The molecule has 1 heterocycles. The van der Waals surface area contributed by atoms with Gasteiger partial charge in [0.15, 0.2) is 0 Å². The monoisotopic (exact) mass is 385 g/mol. The van der Waals surface area contributed by atoms with E-state index in [4.69, 9.17) is 20.3 Å². The van der Waals surface area contributed by atoms with Crippen LogP contribution in [-0.2, 0) is 11.2 Å². The van der Waals surface area contributed by atoms with Crippen LogP contribution >= 0.6 is 0 Å². The van der Waals surface area contributed by atoms with E-state index in [0.717, 1.165) is 6.42 Å². The molecule has 0 aliphatic carbocycles. The summed E-state index contributed by atoms with van der Waals surface area (Å²) in [6.45, 7) is 6.69. The highest BCUT2D eigenvalue weighted by molar-refractivity contribution is 5.95. The molecule has 28 heavy (non-hydrogen) atoms. The molecule has 0 radical (unpaired) electrons. The fourth-order valence-electron chi connectivity index (χ4n) is 2.51. The van der Waals surface area contributed by atoms with Gasteiger partial charge in [0.25, 0.3) is 0 Å². The minimum absolute atomic E-state index is 0.0354. The number of nitrogens with one attached hydrogen (secondary N) is 2. The predicted molar refractivity (Wildman–Crippen MR) is 106 cm³/mol. The van der Waals surface area contributed by atoms with Gasteiger partial charge in [0, 0.05) is 24.4 Å². The van der Waals surface area contributed by atoms with Crippen LogP contribution in [0.2, 0.25) is 0 Å².